The molecule has 3 rings (SSSR count). The molecule has 0 bridgehead atoms. The zero-order valence-corrected chi connectivity index (χ0v) is 10.3. The van der Waals surface area contributed by atoms with Crippen molar-refractivity contribution < 1.29 is 0 Å². The minimum atomic E-state index is 0.477. The summed E-state index contributed by atoms with van der Waals surface area (Å²) in [6.45, 7) is 1.91. The fourth-order valence-corrected chi connectivity index (χ4v) is 2.65. The smallest absolute Gasteiger partial charge is 0.190 e. The van der Waals surface area contributed by atoms with Crippen molar-refractivity contribution in [1.29, 1.82) is 0 Å². The van der Waals surface area contributed by atoms with Gasteiger partial charge in [0.1, 0.15) is 5.15 Å². The van der Waals surface area contributed by atoms with E-state index in [1.807, 2.05) is 6.92 Å². The van der Waals surface area contributed by atoms with Gasteiger partial charge in [0.2, 0.25) is 0 Å². The summed E-state index contributed by atoms with van der Waals surface area (Å²) in [6.07, 6.45) is 2.53. The number of hydrogen-bond donors (Lipinski definition) is 0. The van der Waals surface area contributed by atoms with E-state index in [-0.39, 0.29) is 0 Å². The molecule has 1 fully saturated rings. The number of nitrogens with zero attached hydrogens (tertiary/aromatic N) is 3. The second-order valence-corrected chi connectivity index (χ2v) is 5.25. The van der Waals surface area contributed by atoms with Crippen LogP contribution in [0.1, 0.15) is 30.1 Å². The number of aromatic nitrogens is 3. The maximum atomic E-state index is 5.91. The van der Waals surface area contributed by atoms with Gasteiger partial charge < -0.3 is 0 Å². The van der Waals surface area contributed by atoms with E-state index in [2.05, 4.69) is 20.3 Å². The predicted molar refractivity (Wildman–Crippen MR) is 64.9 cm³/mol. The van der Waals surface area contributed by atoms with Crippen molar-refractivity contribution in [3.63, 3.8) is 0 Å². The lowest BCUT2D eigenvalue weighted by molar-refractivity contribution is 1.04. The van der Waals surface area contributed by atoms with Gasteiger partial charge in [-0.1, -0.05) is 11.6 Å². The summed E-state index contributed by atoms with van der Waals surface area (Å²) in [4.78, 5) is 13.1. The van der Waals surface area contributed by atoms with Crippen LogP contribution in [0, 0.1) is 6.92 Å². The van der Waals surface area contributed by atoms with Crippen LogP contribution in [-0.2, 0) is 0 Å². The quantitative estimate of drug-likeness (QED) is 0.768. The van der Waals surface area contributed by atoms with Crippen LogP contribution in [-0.4, -0.2) is 15.0 Å². The molecule has 0 spiro atoms. The maximum absolute atomic E-state index is 5.91. The van der Waals surface area contributed by atoms with E-state index < -0.39 is 0 Å². The normalized spacial score (nSPS) is 15.4. The lowest BCUT2D eigenvalue weighted by Crippen LogP contribution is -1.92. The highest BCUT2D eigenvalue weighted by Gasteiger charge is 2.26. The Morgan fingerprint density at radius 3 is 2.81 bits per heavy atom. The second-order valence-electron chi connectivity index (χ2n) is 4.01. The van der Waals surface area contributed by atoms with Gasteiger partial charge in [-0.2, -0.15) is 0 Å². The monoisotopic (exact) mass is 251 g/mol. The summed E-state index contributed by atoms with van der Waals surface area (Å²) in [7, 11) is 0. The second kappa shape index (κ2) is 3.79. The summed E-state index contributed by atoms with van der Waals surface area (Å²) >= 11 is 7.50. The molecule has 3 nitrogen and oxygen atoms in total. The minimum Gasteiger partial charge on any atom is -0.237 e. The zero-order chi connectivity index (χ0) is 11.1. The average Bonchev–Trinajstić information content (AvgIpc) is 2.95. The Balaban J connectivity index is 2.00. The third-order valence-corrected chi connectivity index (χ3v) is 3.58. The SMILES string of the molecule is Cc1cc(Cl)nc(-c2nc(C3CC3)cs2)n1. The van der Waals surface area contributed by atoms with Gasteiger partial charge in [-0.15, -0.1) is 11.3 Å². The molecule has 0 N–H and O–H groups in total. The highest BCUT2D eigenvalue weighted by Crippen LogP contribution is 2.41. The van der Waals surface area contributed by atoms with E-state index in [9.17, 15) is 0 Å². The fourth-order valence-electron chi connectivity index (χ4n) is 1.58. The van der Waals surface area contributed by atoms with Crippen LogP contribution in [0.3, 0.4) is 0 Å². The Hall–Kier alpha value is -1.00. The summed E-state index contributed by atoms with van der Waals surface area (Å²) in [6, 6.07) is 1.75. The van der Waals surface area contributed by atoms with Crippen LogP contribution in [0.2, 0.25) is 5.15 Å². The first kappa shape index (κ1) is 10.2. The van der Waals surface area contributed by atoms with Crippen molar-refractivity contribution in [3.8, 4) is 10.8 Å². The molecule has 2 aromatic rings. The minimum absolute atomic E-state index is 0.477. The molecule has 1 saturated carbocycles. The summed E-state index contributed by atoms with van der Waals surface area (Å²) in [5.41, 5.74) is 2.06. The van der Waals surface area contributed by atoms with E-state index in [1.165, 1.54) is 18.5 Å². The summed E-state index contributed by atoms with van der Waals surface area (Å²) < 4.78 is 0. The number of halogens is 1. The van der Waals surface area contributed by atoms with Crippen LogP contribution >= 0.6 is 22.9 Å². The molecule has 0 aliphatic heterocycles. The Morgan fingerprint density at radius 2 is 2.12 bits per heavy atom. The number of aryl methyl sites for hydroxylation is 1. The van der Waals surface area contributed by atoms with Crippen molar-refractivity contribution in [1.82, 2.24) is 15.0 Å². The summed E-state index contributed by atoms with van der Waals surface area (Å²) in [5.74, 6) is 1.31. The molecule has 82 valence electrons. The van der Waals surface area contributed by atoms with E-state index >= 15 is 0 Å². The highest BCUT2D eigenvalue weighted by molar-refractivity contribution is 7.13. The predicted octanol–water partition coefficient (Wildman–Crippen LogP) is 3.44. The van der Waals surface area contributed by atoms with Gasteiger partial charge in [0.25, 0.3) is 0 Å². The van der Waals surface area contributed by atoms with Gasteiger partial charge in [-0.3, -0.25) is 0 Å². The fraction of sp³-hybridized carbons (Fsp3) is 0.364. The Morgan fingerprint density at radius 1 is 1.31 bits per heavy atom. The molecule has 5 heteroatoms. The van der Waals surface area contributed by atoms with Crippen molar-refractivity contribution >= 4 is 22.9 Å². The van der Waals surface area contributed by atoms with Gasteiger partial charge in [-0.25, -0.2) is 15.0 Å². The molecule has 2 aromatic heterocycles. The Kier molecular flexibility index (Phi) is 2.41. The molecule has 16 heavy (non-hydrogen) atoms. The third-order valence-electron chi connectivity index (χ3n) is 2.53. The molecule has 0 aromatic carbocycles. The van der Waals surface area contributed by atoms with Crippen molar-refractivity contribution in [2.24, 2.45) is 0 Å². The Bertz CT molecular complexity index is 514. The van der Waals surface area contributed by atoms with Crippen molar-refractivity contribution in [3.05, 3.63) is 28.0 Å². The van der Waals surface area contributed by atoms with Crippen LogP contribution in [0.5, 0.6) is 0 Å². The van der Waals surface area contributed by atoms with Gasteiger partial charge in [0.05, 0.1) is 5.69 Å². The molecular weight excluding hydrogens is 242 g/mol. The van der Waals surface area contributed by atoms with Gasteiger partial charge >= 0.3 is 0 Å². The van der Waals surface area contributed by atoms with E-state index in [0.29, 0.717) is 16.9 Å². The first-order chi connectivity index (χ1) is 7.72. The Labute approximate surface area is 103 Å². The molecule has 2 heterocycles. The van der Waals surface area contributed by atoms with Gasteiger partial charge in [0.15, 0.2) is 10.8 Å². The molecule has 0 amide bonds. The van der Waals surface area contributed by atoms with E-state index in [4.69, 9.17) is 11.6 Å². The molecule has 1 aliphatic carbocycles. The van der Waals surface area contributed by atoms with Gasteiger partial charge in [0, 0.05) is 17.0 Å². The van der Waals surface area contributed by atoms with Crippen molar-refractivity contribution in [2.45, 2.75) is 25.7 Å². The standard InChI is InChI=1S/C11H10ClN3S/c1-6-4-9(12)15-10(13-6)11-14-8(5-16-11)7-2-3-7/h4-5,7H,2-3H2,1H3. The van der Waals surface area contributed by atoms with Crippen LogP contribution in [0.4, 0.5) is 0 Å². The molecular formula is C11H10ClN3S. The largest absolute Gasteiger partial charge is 0.237 e. The lowest BCUT2D eigenvalue weighted by atomic mass is 10.3. The summed E-state index contributed by atoms with van der Waals surface area (Å²) in [5, 5.41) is 3.45. The lowest BCUT2D eigenvalue weighted by Gasteiger charge is -1.97. The van der Waals surface area contributed by atoms with Crippen LogP contribution in [0.25, 0.3) is 10.8 Å². The molecule has 1 aliphatic rings. The average molecular weight is 252 g/mol. The molecule has 0 atom stereocenters. The molecule has 0 saturated heterocycles. The molecule has 0 unspecified atom stereocenters. The highest BCUT2D eigenvalue weighted by atomic mass is 35.5. The van der Waals surface area contributed by atoms with Crippen molar-refractivity contribution in [2.75, 3.05) is 0 Å². The van der Waals surface area contributed by atoms with Crippen LogP contribution in [0.15, 0.2) is 11.4 Å². The van der Waals surface area contributed by atoms with E-state index in [1.54, 1.807) is 17.4 Å². The number of thiazole rings is 1. The van der Waals surface area contributed by atoms with Crippen LogP contribution < -0.4 is 0 Å². The first-order valence-corrected chi connectivity index (χ1v) is 6.45. The van der Waals surface area contributed by atoms with E-state index in [0.717, 1.165) is 10.7 Å². The number of rotatable bonds is 2. The third kappa shape index (κ3) is 1.95. The first-order valence-electron chi connectivity index (χ1n) is 5.19. The maximum Gasteiger partial charge on any atom is 0.190 e. The zero-order valence-electron chi connectivity index (χ0n) is 8.77. The molecule has 0 radical (unpaired) electrons. The number of hydrogen-bond acceptors (Lipinski definition) is 4. The van der Waals surface area contributed by atoms with Gasteiger partial charge in [-0.05, 0) is 25.8 Å². The topological polar surface area (TPSA) is 38.7 Å².